The molecule has 0 amide bonds. The van der Waals surface area contributed by atoms with Crippen molar-refractivity contribution in [1.82, 2.24) is 0 Å². The second kappa shape index (κ2) is 9.05. The number of ether oxygens (including phenoxy) is 1. The zero-order valence-corrected chi connectivity index (χ0v) is 15.5. The number of carbonyl (C=O) groups is 1. The van der Waals surface area contributed by atoms with Crippen LogP contribution >= 0.6 is 0 Å². The Morgan fingerprint density at radius 3 is 2.46 bits per heavy atom. The van der Waals surface area contributed by atoms with Crippen molar-refractivity contribution in [2.75, 3.05) is 23.2 Å². The van der Waals surface area contributed by atoms with Crippen molar-refractivity contribution in [1.29, 1.82) is 0 Å². The third kappa shape index (κ3) is 5.63. The summed E-state index contributed by atoms with van der Waals surface area (Å²) in [6, 6.07) is 13.8. The maximum atomic E-state index is 12.4. The summed E-state index contributed by atoms with van der Waals surface area (Å²) in [6.07, 6.45) is 1.50. The van der Waals surface area contributed by atoms with E-state index in [1.54, 1.807) is 31.2 Å². The Balaban J connectivity index is 2.28. The van der Waals surface area contributed by atoms with Crippen LogP contribution in [0.15, 0.2) is 53.9 Å². The predicted molar refractivity (Wildman–Crippen MR) is 105 cm³/mol. The highest BCUT2D eigenvalue weighted by Crippen LogP contribution is 2.25. The van der Waals surface area contributed by atoms with Crippen LogP contribution in [0.4, 0.5) is 11.4 Å². The lowest BCUT2D eigenvalue weighted by Gasteiger charge is -2.13. The van der Waals surface area contributed by atoms with E-state index in [9.17, 15) is 13.2 Å². The number of esters is 1. The molecule has 0 aromatic heterocycles. The van der Waals surface area contributed by atoms with Gasteiger partial charge in [0.25, 0.3) is 10.0 Å². The molecule has 0 unspecified atom stereocenters. The zero-order chi connectivity index (χ0) is 19.0. The molecule has 0 atom stereocenters. The number of benzene rings is 2. The van der Waals surface area contributed by atoms with Crippen molar-refractivity contribution >= 4 is 33.4 Å². The zero-order valence-electron chi connectivity index (χ0n) is 14.7. The summed E-state index contributed by atoms with van der Waals surface area (Å²) in [4.78, 5) is 11.9. The Morgan fingerprint density at radius 1 is 1.08 bits per heavy atom. The Hall–Kier alpha value is -2.80. The maximum absolute atomic E-state index is 12.4. The van der Waals surface area contributed by atoms with Gasteiger partial charge in [-0.3, -0.25) is 4.72 Å². The quantitative estimate of drug-likeness (QED) is 0.688. The molecule has 0 radical (unpaired) electrons. The summed E-state index contributed by atoms with van der Waals surface area (Å²) < 4.78 is 32.3. The van der Waals surface area contributed by atoms with Gasteiger partial charge in [-0.15, -0.1) is 0 Å². The second-order valence-electron chi connectivity index (χ2n) is 5.37. The van der Waals surface area contributed by atoms with Gasteiger partial charge in [-0.1, -0.05) is 30.3 Å². The van der Waals surface area contributed by atoms with Crippen LogP contribution in [0.3, 0.4) is 0 Å². The van der Waals surface area contributed by atoms with Gasteiger partial charge in [-0.25, -0.2) is 13.2 Å². The van der Waals surface area contributed by atoms with Crippen LogP contribution in [0.25, 0.3) is 6.08 Å². The molecule has 0 aliphatic carbocycles. The van der Waals surface area contributed by atoms with Crippen LogP contribution in [0.1, 0.15) is 29.8 Å². The molecule has 138 valence electrons. The van der Waals surface area contributed by atoms with Crippen molar-refractivity contribution in [3.05, 3.63) is 65.1 Å². The van der Waals surface area contributed by atoms with Gasteiger partial charge in [0.2, 0.25) is 0 Å². The summed E-state index contributed by atoms with van der Waals surface area (Å²) in [6.45, 7) is 4.46. The minimum absolute atomic E-state index is 0.245. The molecular weight excluding hydrogens is 352 g/mol. The fourth-order valence-electron chi connectivity index (χ4n) is 2.23. The van der Waals surface area contributed by atoms with Crippen LogP contribution in [0.5, 0.6) is 0 Å². The third-order valence-corrected chi connectivity index (χ3v) is 4.39. The molecule has 0 saturated carbocycles. The van der Waals surface area contributed by atoms with Gasteiger partial charge in [0.1, 0.15) is 0 Å². The molecule has 7 heteroatoms. The average Bonchev–Trinajstić information content (AvgIpc) is 2.62. The van der Waals surface area contributed by atoms with E-state index in [4.69, 9.17) is 4.74 Å². The molecule has 0 fully saturated rings. The highest BCUT2D eigenvalue weighted by atomic mass is 32.2. The lowest BCUT2D eigenvalue weighted by molar-refractivity contribution is 0.0526. The first-order chi connectivity index (χ1) is 12.4. The van der Waals surface area contributed by atoms with Crippen LogP contribution in [-0.2, 0) is 14.8 Å². The number of rotatable bonds is 8. The normalized spacial score (nSPS) is 11.3. The van der Waals surface area contributed by atoms with Crippen molar-refractivity contribution in [2.45, 2.75) is 13.8 Å². The fraction of sp³-hybridized carbons (Fsp3) is 0.211. The summed E-state index contributed by atoms with van der Waals surface area (Å²) in [5.74, 6) is -0.504. The summed E-state index contributed by atoms with van der Waals surface area (Å²) in [7, 11) is -3.75. The van der Waals surface area contributed by atoms with E-state index < -0.39 is 16.0 Å². The highest BCUT2D eigenvalue weighted by Gasteiger charge is 2.14. The topological polar surface area (TPSA) is 84.5 Å². The number of hydrogen-bond donors (Lipinski definition) is 2. The molecule has 26 heavy (non-hydrogen) atoms. The molecule has 0 heterocycles. The van der Waals surface area contributed by atoms with Crippen LogP contribution in [0, 0.1) is 0 Å². The van der Waals surface area contributed by atoms with Gasteiger partial charge in [-0.05, 0) is 43.7 Å². The Bertz CT molecular complexity index is 878. The number of anilines is 2. The molecule has 0 saturated heterocycles. The lowest BCUT2D eigenvalue weighted by atomic mass is 10.1. The lowest BCUT2D eigenvalue weighted by Crippen LogP contribution is -2.13. The average molecular weight is 374 g/mol. The molecule has 2 aromatic rings. The van der Waals surface area contributed by atoms with Crippen LogP contribution < -0.4 is 10.0 Å². The number of carbonyl (C=O) groups excluding carboxylic acids is 1. The van der Waals surface area contributed by atoms with E-state index in [1.807, 2.05) is 25.1 Å². The predicted octanol–water partition coefficient (Wildman–Crippen LogP) is 3.71. The first-order valence-corrected chi connectivity index (χ1v) is 9.80. The van der Waals surface area contributed by atoms with Gasteiger partial charge in [0.15, 0.2) is 0 Å². The first-order valence-electron chi connectivity index (χ1n) is 8.26. The summed E-state index contributed by atoms with van der Waals surface area (Å²) in [5.41, 5.74) is 1.91. The largest absolute Gasteiger partial charge is 0.462 e. The smallest absolute Gasteiger partial charge is 0.338 e. The van der Waals surface area contributed by atoms with E-state index in [-0.39, 0.29) is 17.9 Å². The summed E-state index contributed by atoms with van der Waals surface area (Å²) in [5, 5.41) is 4.16. The molecule has 2 rings (SSSR count). The van der Waals surface area contributed by atoms with E-state index in [2.05, 4.69) is 10.0 Å². The molecular formula is C19H22N2O4S. The van der Waals surface area contributed by atoms with Gasteiger partial charge in [0, 0.05) is 6.54 Å². The minimum atomic E-state index is -3.75. The molecule has 0 spiro atoms. The monoisotopic (exact) mass is 374 g/mol. The molecule has 2 N–H and O–H groups in total. The van der Waals surface area contributed by atoms with E-state index in [0.717, 1.165) is 11.0 Å². The fourth-order valence-corrected chi connectivity index (χ4v) is 3.11. The van der Waals surface area contributed by atoms with Crippen molar-refractivity contribution in [2.24, 2.45) is 0 Å². The molecule has 2 aromatic carbocycles. The molecule has 0 aliphatic heterocycles. The molecule has 0 aliphatic rings. The van der Waals surface area contributed by atoms with Crippen LogP contribution in [0.2, 0.25) is 0 Å². The highest BCUT2D eigenvalue weighted by molar-refractivity contribution is 7.95. The molecule has 6 nitrogen and oxygen atoms in total. The Kier molecular flexibility index (Phi) is 6.80. The number of nitrogens with one attached hydrogen (secondary N) is 2. The van der Waals surface area contributed by atoms with Crippen molar-refractivity contribution in [3.63, 3.8) is 0 Å². The van der Waals surface area contributed by atoms with Crippen molar-refractivity contribution < 1.29 is 17.9 Å². The van der Waals surface area contributed by atoms with Gasteiger partial charge in [0.05, 0.1) is 29.0 Å². The maximum Gasteiger partial charge on any atom is 0.338 e. The standard InChI is InChI=1S/C19H22N2O4S/c1-3-20-17-11-10-16(19(22)25-4-2)14-18(17)21-26(23,24)13-12-15-8-6-5-7-9-15/h5-14,20-21H,3-4H2,1-2H3/b13-12+. The van der Waals surface area contributed by atoms with Crippen LogP contribution in [-0.4, -0.2) is 27.5 Å². The van der Waals surface area contributed by atoms with E-state index >= 15 is 0 Å². The third-order valence-electron chi connectivity index (χ3n) is 3.39. The molecule has 0 bridgehead atoms. The van der Waals surface area contributed by atoms with Gasteiger partial charge in [-0.2, -0.15) is 0 Å². The van der Waals surface area contributed by atoms with Crippen molar-refractivity contribution in [3.8, 4) is 0 Å². The Labute approximate surface area is 153 Å². The first kappa shape index (κ1) is 19.5. The SMILES string of the molecule is CCNc1ccc(C(=O)OCC)cc1NS(=O)(=O)/C=C/c1ccccc1. The van der Waals surface area contributed by atoms with Gasteiger partial charge >= 0.3 is 5.97 Å². The van der Waals surface area contributed by atoms with Gasteiger partial charge < -0.3 is 10.1 Å². The minimum Gasteiger partial charge on any atom is -0.462 e. The van der Waals surface area contributed by atoms with E-state index in [1.165, 1.54) is 12.1 Å². The number of hydrogen-bond acceptors (Lipinski definition) is 5. The summed E-state index contributed by atoms with van der Waals surface area (Å²) >= 11 is 0. The number of sulfonamides is 1. The Morgan fingerprint density at radius 2 is 1.81 bits per heavy atom. The second-order valence-corrected chi connectivity index (χ2v) is 6.94. The van der Waals surface area contributed by atoms with E-state index in [0.29, 0.717) is 12.2 Å².